The van der Waals surface area contributed by atoms with Gasteiger partial charge in [0.25, 0.3) is 0 Å². The number of ether oxygens (including phenoxy) is 1. The first-order valence-corrected chi connectivity index (χ1v) is 10.2. The van der Waals surface area contributed by atoms with E-state index in [0.29, 0.717) is 12.5 Å². The van der Waals surface area contributed by atoms with Crippen LogP contribution in [0.4, 0.5) is 0 Å². The highest BCUT2D eigenvalue weighted by Gasteiger charge is 2.24. The largest absolute Gasteiger partial charge is 0.487 e. The Morgan fingerprint density at radius 1 is 0.929 bits per heavy atom. The molecule has 0 saturated heterocycles. The van der Waals surface area contributed by atoms with Crippen LogP contribution in [0.1, 0.15) is 43.4 Å². The fraction of sp³-hybridized carbons (Fsp3) is 0.375. The molecule has 1 aliphatic rings. The van der Waals surface area contributed by atoms with Crippen LogP contribution in [0.5, 0.6) is 5.75 Å². The number of pyridine rings is 1. The third-order valence-corrected chi connectivity index (χ3v) is 5.75. The molecule has 0 radical (unpaired) electrons. The van der Waals surface area contributed by atoms with Gasteiger partial charge in [-0.25, -0.2) is 10.9 Å². The summed E-state index contributed by atoms with van der Waals surface area (Å²) in [7, 11) is 0. The van der Waals surface area contributed by atoms with Crippen LogP contribution >= 0.6 is 0 Å². The van der Waals surface area contributed by atoms with Crippen molar-refractivity contribution in [1.29, 1.82) is 0 Å². The maximum absolute atomic E-state index is 5.93. The Bertz CT molecular complexity index is 889. The minimum absolute atomic E-state index is 0.105. The second kappa shape index (κ2) is 9.18. The molecular formula is C24H28N2O2. The lowest BCUT2D eigenvalue weighted by molar-refractivity contribution is -0.000392. The molecule has 0 spiro atoms. The second-order valence-corrected chi connectivity index (χ2v) is 7.70. The average molecular weight is 377 g/mol. The van der Waals surface area contributed by atoms with Crippen molar-refractivity contribution in [2.75, 3.05) is 0 Å². The van der Waals surface area contributed by atoms with Crippen molar-refractivity contribution in [3.63, 3.8) is 0 Å². The maximum atomic E-state index is 5.93. The summed E-state index contributed by atoms with van der Waals surface area (Å²) in [6, 6.07) is 20.5. The summed E-state index contributed by atoms with van der Waals surface area (Å²) in [6.07, 6.45) is 7.33. The van der Waals surface area contributed by atoms with Crippen LogP contribution in [0.2, 0.25) is 0 Å². The molecule has 1 aromatic heterocycles. The monoisotopic (exact) mass is 376 g/mol. The molecule has 2 N–H and O–H groups in total. The van der Waals surface area contributed by atoms with Crippen LogP contribution in [0.15, 0.2) is 60.7 Å². The maximum Gasteiger partial charge on any atom is 0.130 e. The lowest BCUT2D eigenvalue weighted by Crippen LogP contribution is -2.30. The topological polar surface area (TPSA) is 57.4 Å². The highest BCUT2D eigenvalue weighted by atomic mass is 16.6. The number of nitrogens with two attached hydrogens (primary N) is 1. The van der Waals surface area contributed by atoms with Gasteiger partial charge in [0, 0.05) is 11.8 Å². The molecule has 1 heterocycles. The van der Waals surface area contributed by atoms with E-state index in [1.807, 2.05) is 36.4 Å². The molecule has 1 fully saturated rings. The van der Waals surface area contributed by atoms with Crippen LogP contribution in [0.25, 0.3) is 10.9 Å². The summed E-state index contributed by atoms with van der Waals surface area (Å²) in [5.41, 5.74) is 3.16. The Kier molecular flexibility index (Phi) is 6.20. The summed E-state index contributed by atoms with van der Waals surface area (Å²) in [5.74, 6) is 7.03. The van der Waals surface area contributed by atoms with Crippen molar-refractivity contribution >= 4 is 10.9 Å². The number of fused-ring (bicyclic) bond motifs is 1. The van der Waals surface area contributed by atoms with E-state index < -0.39 is 0 Å². The standard InChI is InChI=1S/C24H28N2O2/c25-28-24(20-7-2-1-3-8-20)16-18-10-14-22(15-11-18)27-17-21-13-12-19-6-4-5-9-23(19)26-21/h4-6,9-15,20,24H,1-3,7-8,16-17,25H2. The van der Waals surface area contributed by atoms with Gasteiger partial charge in [-0.3, -0.25) is 0 Å². The SMILES string of the molecule is NOC(Cc1ccc(OCc2ccc3ccccc3n2)cc1)C1CCCCC1. The van der Waals surface area contributed by atoms with Gasteiger partial charge in [-0.2, -0.15) is 0 Å². The molecule has 28 heavy (non-hydrogen) atoms. The Morgan fingerprint density at radius 3 is 2.50 bits per heavy atom. The molecule has 4 nitrogen and oxygen atoms in total. The summed E-state index contributed by atoms with van der Waals surface area (Å²) >= 11 is 0. The third kappa shape index (κ3) is 4.70. The number of nitrogens with zero attached hydrogens (tertiary/aromatic N) is 1. The van der Waals surface area contributed by atoms with Crippen LogP contribution < -0.4 is 10.6 Å². The predicted octanol–water partition coefficient (Wildman–Crippen LogP) is 5.20. The van der Waals surface area contributed by atoms with Gasteiger partial charge in [0.1, 0.15) is 12.4 Å². The molecule has 1 saturated carbocycles. The summed E-state index contributed by atoms with van der Waals surface area (Å²) in [4.78, 5) is 9.98. The minimum atomic E-state index is 0.105. The molecule has 4 rings (SSSR count). The van der Waals surface area contributed by atoms with Crippen LogP contribution in [0, 0.1) is 5.92 Å². The van der Waals surface area contributed by atoms with E-state index in [1.54, 1.807) is 0 Å². The van der Waals surface area contributed by atoms with Crippen molar-refractivity contribution in [2.24, 2.45) is 11.8 Å². The van der Waals surface area contributed by atoms with Crippen molar-refractivity contribution in [2.45, 2.75) is 51.2 Å². The minimum Gasteiger partial charge on any atom is -0.487 e. The Morgan fingerprint density at radius 2 is 1.71 bits per heavy atom. The van der Waals surface area contributed by atoms with E-state index in [2.05, 4.69) is 29.2 Å². The highest BCUT2D eigenvalue weighted by molar-refractivity contribution is 5.78. The number of para-hydroxylation sites is 1. The molecule has 0 amide bonds. The number of benzene rings is 2. The number of rotatable bonds is 7. The van der Waals surface area contributed by atoms with Gasteiger partial charge < -0.3 is 9.57 Å². The third-order valence-electron chi connectivity index (χ3n) is 5.75. The van der Waals surface area contributed by atoms with Crippen LogP contribution in [-0.2, 0) is 17.9 Å². The summed E-state index contributed by atoms with van der Waals surface area (Å²) < 4.78 is 5.93. The van der Waals surface area contributed by atoms with Gasteiger partial charge in [0.05, 0.1) is 17.3 Å². The molecule has 2 aromatic carbocycles. The van der Waals surface area contributed by atoms with Gasteiger partial charge in [0.15, 0.2) is 0 Å². The first kappa shape index (κ1) is 18.9. The summed E-state index contributed by atoms with van der Waals surface area (Å²) in [6.45, 7) is 0.459. The smallest absolute Gasteiger partial charge is 0.130 e. The molecule has 0 bridgehead atoms. The summed E-state index contributed by atoms with van der Waals surface area (Å²) in [5, 5.41) is 1.14. The molecule has 1 atom stereocenters. The van der Waals surface area contributed by atoms with Gasteiger partial charge in [0.2, 0.25) is 0 Å². The molecule has 1 aliphatic carbocycles. The van der Waals surface area contributed by atoms with E-state index in [-0.39, 0.29) is 6.10 Å². The van der Waals surface area contributed by atoms with Crippen LogP contribution in [0.3, 0.4) is 0 Å². The fourth-order valence-electron chi connectivity index (χ4n) is 4.13. The zero-order valence-electron chi connectivity index (χ0n) is 16.2. The number of aromatic nitrogens is 1. The zero-order chi connectivity index (χ0) is 19.2. The van der Waals surface area contributed by atoms with E-state index in [4.69, 9.17) is 15.5 Å². The van der Waals surface area contributed by atoms with Crippen molar-refractivity contribution in [1.82, 2.24) is 4.98 Å². The predicted molar refractivity (Wildman–Crippen MR) is 112 cm³/mol. The van der Waals surface area contributed by atoms with Gasteiger partial charge in [-0.1, -0.05) is 55.7 Å². The van der Waals surface area contributed by atoms with Gasteiger partial charge >= 0.3 is 0 Å². The van der Waals surface area contributed by atoms with Gasteiger partial charge in [-0.05, 0) is 48.6 Å². The van der Waals surface area contributed by atoms with E-state index in [9.17, 15) is 0 Å². The zero-order valence-corrected chi connectivity index (χ0v) is 16.2. The molecule has 1 unspecified atom stereocenters. The van der Waals surface area contributed by atoms with E-state index in [0.717, 1.165) is 28.8 Å². The number of hydrogen-bond donors (Lipinski definition) is 1. The fourth-order valence-corrected chi connectivity index (χ4v) is 4.13. The Hall–Kier alpha value is -2.43. The van der Waals surface area contributed by atoms with E-state index >= 15 is 0 Å². The van der Waals surface area contributed by atoms with E-state index in [1.165, 1.54) is 37.7 Å². The normalized spacial score (nSPS) is 16.2. The van der Waals surface area contributed by atoms with Gasteiger partial charge in [-0.15, -0.1) is 0 Å². The molecule has 146 valence electrons. The van der Waals surface area contributed by atoms with Crippen molar-refractivity contribution in [3.8, 4) is 5.75 Å². The lowest BCUT2D eigenvalue weighted by atomic mass is 9.83. The van der Waals surface area contributed by atoms with Crippen molar-refractivity contribution < 1.29 is 9.57 Å². The second-order valence-electron chi connectivity index (χ2n) is 7.70. The molecular weight excluding hydrogens is 348 g/mol. The first-order valence-electron chi connectivity index (χ1n) is 10.2. The lowest BCUT2D eigenvalue weighted by Gasteiger charge is -2.28. The molecule has 0 aliphatic heterocycles. The number of hydrogen-bond acceptors (Lipinski definition) is 4. The first-order chi connectivity index (χ1) is 13.8. The Labute approximate surface area is 166 Å². The molecule has 4 heteroatoms. The molecule has 3 aromatic rings. The average Bonchev–Trinajstić information content (AvgIpc) is 2.77. The quantitative estimate of drug-likeness (QED) is 0.576. The van der Waals surface area contributed by atoms with Crippen LogP contribution in [-0.4, -0.2) is 11.1 Å². The van der Waals surface area contributed by atoms with Crippen molar-refractivity contribution in [3.05, 3.63) is 71.9 Å². The Balaban J connectivity index is 1.34. The highest BCUT2D eigenvalue weighted by Crippen LogP contribution is 2.29.